The summed E-state index contributed by atoms with van der Waals surface area (Å²) in [7, 11) is -2.65. The van der Waals surface area contributed by atoms with Gasteiger partial charge in [-0.15, -0.1) is 0 Å². The third-order valence-corrected chi connectivity index (χ3v) is 8.37. The zero-order chi connectivity index (χ0) is 24.5. The summed E-state index contributed by atoms with van der Waals surface area (Å²) < 4.78 is 51.8. The predicted octanol–water partition coefficient (Wildman–Crippen LogP) is 4.44. The van der Waals surface area contributed by atoms with Gasteiger partial charge in [0, 0.05) is 12.5 Å². The molecule has 4 rings (SSSR count). The van der Waals surface area contributed by atoms with E-state index in [0.717, 1.165) is 31.1 Å². The molecule has 0 unspecified atom stereocenters. The van der Waals surface area contributed by atoms with Crippen molar-refractivity contribution in [1.82, 2.24) is 4.90 Å². The molecule has 1 aliphatic heterocycles. The monoisotopic (exact) mass is 487 g/mol. The van der Waals surface area contributed by atoms with Gasteiger partial charge in [-0.2, -0.15) is 0 Å². The van der Waals surface area contributed by atoms with Gasteiger partial charge in [0.1, 0.15) is 17.1 Å². The van der Waals surface area contributed by atoms with Crippen LogP contribution in [0.5, 0.6) is 5.75 Å². The van der Waals surface area contributed by atoms with Gasteiger partial charge in [0.2, 0.25) is 0 Å². The maximum atomic E-state index is 14.0. The molecule has 2 aromatic carbocycles. The number of halogens is 1. The topological polar surface area (TPSA) is 72.9 Å². The van der Waals surface area contributed by atoms with Crippen LogP contribution in [0.1, 0.15) is 53.2 Å². The van der Waals surface area contributed by atoms with Crippen LogP contribution in [0.3, 0.4) is 0 Å². The number of carbonyl (C=O) groups is 1. The van der Waals surface area contributed by atoms with E-state index in [1.165, 1.54) is 19.2 Å². The van der Waals surface area contributed by atoms with E-state index in [0.29, 0.717) is 36.3 Å². The van der Waals surface area contributed by atoms with E-state index >= 15 is 0 Å². The lowest BCUT2D eigenvalue weighted by atomic mass is 9.98. The molecule has 0 N–H and O–H groups in total. The minimum absolute atomic E-state index is 0.0152. The molecule has 1 heterocycles. The minimum Gasteiger partial charge on any atom is -0.492 e. The molecule has 0 saturated heterocycles. The Hall–Kier alpha value is -2.71. The van der Waals surface area contributed by atoms with Crippen LogP contribution in [-0.2, 0) is 20.3 Å². The molecule has 0 spiro atoms. The number of hydrogen-bond acceptors (Lipinski definition) is 6. The summed E-state index contributed by atoms with van der Waals surface area (Å²) >= 11 is 0. The van der Waals surface area contributed by atoms with Gasteiger partial charge in [-0.3, -0.25) is 0 Å². The third kappa shape index (κ3) is 4.88. The van der Waals surface area contributed by atoms with Crippen molar-refractivity contribution in [3.63, 3.8) is 0 Å². The van der Waals surface area contributed by atoms with Crippen LogP contribution in [0.4, 0.5) is 4.39 Å². The summed E-state index contributed by atoms with van der Waals surface area (Å²) in [5.41, 5.74) is 1.68. The van der Waals surface area contributed by atoms with Gasteiger partial charge in [0.25, 0.3) is 0 Å². The number of esters is 1. The number of rotatable bonds is 9. The van der Waals surface area contributed by atoms with Crippen molar-refractivity contribution >= 4 is 21.9 Å². The number of sulfone groups is 1. The SMILES string of the molecule is CCN(CC)CC=Cc1cc(F)ccc1S(=O)(=O)Cc1ccc2c(c1C(=O)OC)OC[C@H]1C[C@@H]21. The molecule has 2 aliphatic rings. The van der Waals surface area contributed by atoms with E-state index in [2.05, 4.69) is 4.90 Å². The summed E-state index contributed by atoms with van der Waals surface area (Å²) in [6, 6.07) is 7.16. The molecule has 1 aliphatic carbocycles. The van der Waals surface area contributed by atoms with Crippen LogP contribution >= 0.6 is 0 Å². The van der Waals surface area contributed by atoms with Gasteiger partial charge in [0.05, 0.1) is 24.4 Å². The molecular weight excluding hydrogens is 457 g/mol. The highest BCUT2D eigenvalue weighted by Gasteiger charge is 2.45. The van der Waals surface area contributed by atoms with Gasteiger partial charge in [0.15, 0.2) is 9.84 Å². The van der Waals surface area contributed by atoms with Gasteiger partial charge in [-0.1, -0.05) is 38.1 Å². The molecule has 1 fully saturated rings. The molecule has 6 nitrogen and oxygen atoms in total. The Balaban J connectivity index is 1.69. The number of nitrogens with zero attached hydrogens (tertiary/aromatic N) is 1. The highest BCUT2D eigenvalue weighted by molar-refractivity contribution is 7.90. The molecule has 0 amide bonds. The van der Waals surface area contributed by atoms with Crippen molar-refractivity contribution < 1.29 is 27.1 Å². The highest BCUT2D eigenvalue weighted by atomic mass is 32.2. The first-order chi connectivity index (χ1) is 16.3. The number of fused-ring (bicyclic) bond motifs is 3. The number of likely N-dealkylation sites (N-methyl/N-ethyl adjacent to an activating group) is 1. The fourth-order valence-electron chi connectivity index (χ4n) is 4.56. The highest BCUT2D eigenvalue weighted by Crippen LogP contribution is 2.55. The Morgan fingerprint density at radius 2 is 2.00 bits per heavy atom. The molecule has 2 atom stereocenters. The largest absolute Gasteiger partial charge is 0.492 e. The van der Waals surface area contributed by atoms with E-state index < -0.39 is 27.4 Å². The molecular formula is C26H30FNO5S. The lowest BCUT2D eigenvalue weighted by Gasteiger charge is -2.21. The average Bonchev–Trinajstić information content (AvgIpc) is 3.61. The lowest BCUT2D eigenvalue weighted by molar-refractivity contribution is 0.0594. The van der Waals surface area contributed by atoms with Crippen molar-refractivity contribution in [3.05, 3.63) is 64.5 Å². The van der Waals surface area contributed by atoms with Crippen LogP contribution in [0.15, 0.2) is 41.3 Å². The molecule has 8 heteroatoms. The van der Waals surface area contributed by atoms with Crippen LogP contribution < -0.4 is 4.74 Å². The number of methoxy groups -OCH3 is 1. The maximum absolute atomic E-state index is 14.0. The summed E-state index contributed by atoms with van der Waals surface area (Å²) in [4.78, 5) is 14.8. The van der Waals surface area contributed by atoms with E-state index in [9.17, 15) is 17.6 Å². The first-order valence-electron chi connectivity index (χ1n) is 11.6. The molecule has 0 aromatic heterocycles. The third-order valence-electron chi connectivity index (χ3n) is 6.64. The maximum Gasteiger partial charge on any atom is 0.341 e. The number of hydrogen-bond donors (Lipinski definition) is 0. The summed E-state index contributed by atoms with van der Waals surface area (Å²) in [5, 5.41) is 0. The molecule has 2 aromatic rings. The summed E-state index contributed by atoms with van der Waals surface area (Å²) in [6.07, 6.45) is 4.47. The Labute approximate surface area is 200 Å². The Bertz CT molecular complexity index is 1220. The molecule has 34 heavy (non-hydrogen) atoms. The molecule has 0 radical (unpaired) electrons. The Morgan fingerprint density at radius 1 is 1.24 bits per heavy atom. The van der Waals surface area contributed by atoms with Gasteiger partial charge in [-0.05, 0) is 60.3 Å². The second kappa shape index (κ2) is 9.88. The number of ether oxygens (including phenoxy) is 2. The Kier molecular flexibility index (Phi) is 7.09. The zero-order valence-corrected chi connectivity index (χ0v) is 20.5. The van der Waals surface area contributed by atoms with Crippen molar-refractivity contribution in [2.45, 2.75) is 36.8 Å². The summed E-state index contributed by atoms with van der Waals surface area (Å²) in [6.45, 7) is 6.93. The van der Waals surface area contributed by atoms with Gasteiger partial charge in [-0.25, -0.2) is 17.6 Å². The van der Waals surface area contributed by atoms with Gasteiger partial charge >= 0.3 is 5.97 Å². The normalized spacial score (nSPS) is 19.0. The van der Waals surface area contributed by atoms with Crippen molar-refractivity contribution in [1.29, 1.82) is 0 Å². The predicted molar refractivity (Wildman–Crippen MR) is 128 cm³/mol. The molecule has 1 saturated carbocycles. The quantitative estimate of drug-likeness (QED) is 0.385. The average molecular weight is 488 g/mol. The number of carbonyl (C=O) groups excluding carboxylic acids is 1. The minimum atomic E-state index is -3.91. The van der Waals surface area contributed by atoms with Crippen LogP contribution in [0.2, 0.25) is 0 Å². The van der Waals surface area contributed by atoms with Crippen molar-refractivity contribution in [2.24, 2.45) is 5.92 Å². The summed E-state index contributed by atoms with van der Waals surface area (Å²) in [5.74, 6) is -0.339. The second-order valence-corrected chi connectivity index (χ2v) is 10.7. The standard InChI is InChI=1S/C26H30FNO5S/c1-4-28(5-2)12-6-7-17-13-20(27)9-11-23(17)34(30,31)16-18-8-10-21-22-14-19(22)15-33-25(21)24(18)26(29)32-3/h6-11,13,19,22H,4-5,12,14-16H2,1-3H3/t19-,22-/m1/s1. The van der Waals surface area contributed by atoms with Crippen molar-refractivity contribution in [2.75, 3.05) is 33.4 Å². The lowest BCUT2D eigenvalue weighted by Crippen LogP contribution is -2.22. The van der Waals surface area contributed by atoms with Crippen LogP contribution in [0, 0.1) is 11.7 Å². The van der Waals surface area contributed by atoms with E-state index in [1.807, 2.05) is 26.0 Å². The first-order valence-corrected chi connectivity index (χ1v) is 13.2. The fourth-order valence-corrected chi connectivity index (χ4v) is 6.13. The van der Waals surface area contributed by atoms with Crippen molar-refractivity contribution in [3.8, 4) is 5.75 Å². The fraction of sp³-hybridized carbons (Fsp3) is 0.423. The van der Waals surface area contributed by atoms with Crippen LogP contribution in [0.25, 0.3) is 6.08 Å². The number of benzene rings is 2. The zero-order valence-electron chi connectivity index (χ0n) is 19.7. The Morgan fingerprint density at radius 3 is 2.71 bits per heavy atom. The first kappa shape index (κ1) is 24.4. The van der Waals surface area contributed by atoms with Gasteiger partial charge < -0.3 is 14.4 Å². The molecule has 182 valence electrons. The van der Waals surface area contributed by atoms with E-state index in [-0.39, 0.29) is 16.0 Å². The van der Waals surface area contributed by atoms with E-state index in [4.69, 9.17) is 9.47 Å². The van der Waals surface area contributed by atoms with Crippen LogP contribution in [-0.4, -0.2) is 52.6 Å². The van der Waals surface area contributed by atoms with E-state index in [1.54, 1.807) is 12.1 Å². The second-order valence-electron chi connectivity index (χ2n) is 8.75. The smallest absolute Gasteiger partial charge is 0.341 e. The molecule has 0 bridgehead atoms.